The van der Waals surface area contributed by atoms with Crippen LogP contribution in [0.1, 0.15) is 49.7 Å². The molecular weight excluding hydrogens is 358 g/mol. The van der Waals surface area contributed by atoms with Gasteiger partial charge in [-0.2, -0.15) is 0 Å². The fourth-order valence-electron chi connectivity index (χ4n) is 4.73. The zero-order valence-corrected chi connectivity index (χ0v) is 17.4. The second-order valence-electron chi connectivity index (χ2n) is 8.67. The first-order valence-electron chi connectivity index (χ1n) is 10.2. The molecule has 1 spiro atoms. The van der Waals surface area contributed by atoms with Crippen molar-refractivity contribution in [1.29, 1.82) is 0 Å². The van der Waals surface area contributed by atoms with Crippen molar-refractivity contribution in [3.05, 3.63) is 28.2 Å². The van der Waals surface area contributed by atoms with Gasteiger partial charge in [0.05, 0.1) is 28.3 Å². The average molecular weight is 390 g/mol. The Kier molecular flexibility index (Phi) is 5.41. The van der Waals surface area contributed by atoms with Gasteiger partial charge < -0.3 is 9.64 Å². The van der Waals surface area contributed by atoms with Crippen molar-refractivity contribution < 1.29 is 9.53 Å². The minimum Gasteiger partial charge on any atom is -0.372 e. The van der Waals surface area contributed by atoms with Crippen molar-refractivity contribution >= 4 is 17.2 Å². The number of likely N-dealkylation sites (tertiary alicyclic amines) is 1. The van der Waals surface area contributed by atoms with Crippen LogP contribution in [0.3, 0.4) is 0 Å². The van der Waals surface area contributed by atoms with Crippen LogP contribution in [0.25, 0.3) is 0 Å². The standard InChI is InChI=1S/C21H31N3O2S/c1-17-22-18(15-27-17)14-23-12-13-26-21(16-23)8-10-24(11-9-21)19(25)20(2)6-4-3-5-7-20/h3-4,15H,5-14,16H2,1-2H3. The summed E-state index contributed by atoms with van der Waals surface area (Å²) in [5.41, 5.74) is 0.870. The molecule has 1 atom stereocenters. The Bertz CT molecular complexity index is 708. The Morgan fingerprint density at radius 2 is 2.07 bits per heavy atom. The summed E-state index contributed by atoms with van der Waals surface area (Å²) in [6.07, 6.45) is 9.14. The molecule has 3 aliphatic rings. The monoisotopic (exact) mass is 389 g/mol. The van der Waals surface area contributed by atoms with Crippen LogP contribution in [-0.4, -0.2) is 59.1 Å². The summed E-state index contributed by atoms with van der Waals surface area (Å²) in [5.74, 6) is 0.340. The number of nitrogens with zero attached hydrogens (tertiary/aromatic N) is 3. The molecule has 2 aliphatic heterocycles. The topological polar surface area (TPSA) is 45.7 Å². The van der Waals surface area contributed by atoms with E-state index in [-0.39, 0.29) is 11.0 Å². The van der Waals surface area contributed by atoms with Gasteiger partial charge in [-0.05, 0) is 39.0 Å². The molecule has 6 heteroatoms. The van der Waals surface area contributed by atoms with E-state index in [0.717, 1.165) is 76.4 Å². The average Bonchev–Trinajstić information content (AvgIpc) is 3.07. The van der Waals surface area contributed by atoms with Crippen molar-refractivity contribution in [1.82, 2.24) is 14.8 Å². The number of ether oxygens (including phenoxy) is 1. The van der Waals surface area contributed by atoms with Gasteiger partial charge >= 0.3 is 0 Å². The molecule has 1 aliphatic carbocycles. The number of morpholine rings is 1. The summed E-state index contributed by atoms with van der Waals surface area (Å²) in [6.45, 7) is 9.44. The number of carbonyl (C=O) groups is 1. The van der Waals surface area contributed by atoms with Crippen LogP contribution < -0.4 is 0 Å². The number of thiazole rings is 1. The number of carbonyl (C=O) groups excluding carboxylic acids is 1. The molecule has 0 N–H and O–H groups in total. The number of rotatable bonds is 3. The predicted molar refractivity (Wildman–Crippen MR) is 108 cm³/mol. The normalized spacial score (nSPS) is 28.6. The lowest BCUT2D eigenvalue weighted by molar-refractivity contribution is -0.158. The number of hydrogen-bond acceptors (Lipinski definition) is 5. The molecule has 5 nitrogen and oxygen atoms in total. The summed E-state index contributed by atoms with van der Waals surface area (Å²) in [5, 5.41) is 3.30. The summed E-state index contributed by atoms with van der Waals surface area (Å²) < 4.78 is 6.27. The van der Waals surface area contributed by atoms with E-state index in [1.165, 1.54) is 5.69 Å². The van der Waals surface area contributed by atoms with Crippen LogP contribution in [0, 0.1) is 12.3 Å². The van der Waals surface area contributed by atoms with E-state index < -0.39 is 0 Å². The smallest absolute Gasteiger partial charge is 0.228 e. The van der Waals surface area contributed by atoms with E-state index in [9.17, 15) is 4.79 Å². The number of hydrogen-bond donors (Lipinski definition) is 0. The first-order valence-corrected chi connectivity index (χ1v) is 11.1. The summed E-state index contributed by atoms with van der Waals surface area (Å²) in [7, 11) is 0. The highest BCUT2D eigenvalue weighted by molar-refractivity contribution is 7.09. The fraction of sp³-hybridized carbons (Fsp3) is 0.714. The van der Waals surface area contributed by atoms with Gasteiger partial charge in [0, 0.05) is 38.1 Å². The molecule has 27 heavy (non-hydrogen) atoms. The third kappa shape index (κ3) is 4.13. The second-order valence-corrected chi connectivity index (χ2v) is 9.73. The van der Waals surface area contributed by atoms with Gasteiger partial charge in [0.15, 0.2) is 0 Å². The number of amides is 1. The predicted octanol–water partition coefficient (Wildman–Crippen LogP) is 3.39. The third-order valence-corrected chi connectivity index (χ3v) is 7.28. The first-order chi connectivity index (χ1) is 13.0. The van der Waals surface area contributed by atoms with Gasteiger partial charge in [-0.3, -0.25) is 9.69 Å². The lowest BCUT2D eigenvalue weighted by Crippen LogP contribution is -2.58. The fourth-order valence-corrected chi connectivity index (χ4v) is 5.33. The molecule has 0 aromatic carbocycles. The summed E-state index contributed by atoms with van der Waals surface area (Å²) in [6, 6.07) is 0. The minimum atomic E-state index is -0.207. The van der Waals surface area contributed by atoms with E-state index in [2.05, 4.69) is 46.2 Å². The van der Waals surface area contributed by atoms with Gasteiger partial charge in [-0.15, -0.1) is 11.3 Å². The van der Waals surface area contributed by atoms with Crippen molar-refractivity contribution in [2.75, 3.05) is 32.8 Å². The molecule has 1 amide bonds. The molecule has 148 valence electrons. The Balaban J connectivity index is 1.34. The molecule has 3 heterocycles. The van der Waals surface area contributed by atoms with Crippen molar-refractivity contribution in [3.63, 3.8) is 0 Å². The van der Waals surface area contributed by atoms with Crippen LogP contribution in [0.4, 0.5) is 0 Å². The number of allylic oxidation sites excluding steroid dienone is 2. The molecule has 2 fully saturated rings. The molecule has 1 aromatic heterocycles. The quantitative estimate of drug-likeness (QED) is 0.744. The third-order valence-electron chi connectivity index (χ3n) is 6.46. The second kappa shape index (κ2) is 7.64. The highest BCUT2D eigenvalue weighted by Crippen LogP contribution is 2.37. The highest BCUT2D eigenvalue weighted by atomic mass is 32.1. The van der Waals surface area contributed by atoms with Crippen molar-refractivity contribution in [2.24, 2.45) is 5.41 Å². The molecule has 4 rings (SSSR count). The lowest BCUT2D eigenvalue weighted by Gasteiger charge is -2.48. The maximum absolute atomic E-state index is 13.1. The maximum atomic E-state index is 13.1. The number of piperidine rings is 1. The summed E-state index contributed by atoms with van der Waals surface area (Å²) >= 11 is 1.72. The zero-order chi connectivity index (χ0) is 18.9. The van der Waals surface area contributed by atoms with E-state index in [1.54, 1.807) is 11.3 Å². The lowest BCUT2D eigenvalue weighted by atomic mass is 9.77. The number of aryl methyl sites for hydroxylation is 1. The van der Waals surface area contributed by atoms with Gasteiger partial charge in [0.2, 0.25) is 5.91 Å². The molecular formula is C21H31N3O2S. The molecule has 1 unspecified atom stereocenters. The van der Waals surface area contributed by atoms with Crippen LogP contribution in [0.15, 0.2) is 17.5 Å². The Hall–Kier alpha value is -1.24. The van der Waals surface area contributed by atoms with Crippen LogP contribution >= 0.6 is 11.3 Å². The van der Waals surface area contributed by atoms with Gasteiger partial charge in [0.25, 0.3) is 0 Å². The van der Waals surface area contributed by atoms with Gasteiger partial charge in [-0.1, -0.05) is 19.1 Å². The van der Waals surface area contributed by atoms with Crippen LogP contribution in [-0.2, 0) is 16.1 Å². The van der Waals surface area contributed by atoms with E-state index in [1.807, 2.05) is 0 Å². The van der Waals surface area contributed by atoms with Gasteiger partial charge in [-0.25, -0.2) is 4.98 Å². The minimum absolute atomic E-state index is 0.0898. The first kappa shape index (κ1) is 19.1. The van der Waals surface area contributed by atoms with Crippen LogP contribution in [0.2, 0.25) is 0 Å². The molecule has 0 radical (unpaired) electrons. The molecule has 0 bridgehead atoms. The Morgan fingerprint density at radius 3 is 2.74 bits per heavy atom. The largest absolute Gasteiger partial charge is 0.372 e. The highest BCUT2D eigenvalue weighted by Gasteiger charge is 2.43. The summed E-state index contributed by atoms with van der Waals surface area (Å²) in [4.78, 5) is 22.3. The number of aromatic nitrogens is 1. The van der Waals surface area contributed by atoms with Crippen molar-refractivity contribution in [2.45, 2.75) is 58.1 Å². The van der Waals surface area contributed by atoms with E-state index in [0.29, 0.717) is 5.91 Å². The van der Waals surface area contributed by atoms with Crippen LogP contribution in [0.5, 0.6) is 0 Å². The molecule has 1 aromatic rings. The van der Waals surface area contributed by atoms with E-state index in [4.69, 9.17) is 4.74 Å². The molecule has 0 saturated carbocycles. The Morgan fingerprint density at radius 1 is 1.26 bits per heavy atom. The zero-order valence-electron chi connectivity index (χ0n) is 16.6. The Labute approximate surface area is 166 Å². The van der Waals surface area contributed by atoms with E-state index >= 15 is 0 Å². The van der Waals surface area contributed by atoms with Gasteiger partial charge in [0.1, 0.15) is 0 Å². The maximum Gasteiger partial charge on any atom is 0.228 e. The SMILES string of the molecule is Cc1nc(CN2CCOC3(CCN(C(=O)C4(C)CC=CCC4)CC3)C2)cs1. The van der Waals surface area contributed by atoms with Crippen molar-refractivity contribution in [3.8, 4) is 0 Å². The molecule has 2 saturated heterocycles.